The maximum Gasteiger partial charge on any atom is 0.305 e. The van der Waals surface area contributed by atoms with Gasteiger partial charge < -0.3 is 19.8 Å². The standard InChI is InChI=1S/C12H14N2O2.C11H12N2O2/c1-7-5-6-9-10(8(7)2)14(4)11(12(15)16)13(9)3;1-7-4-5-8-9(6-7)13(3)10(11(14)15)12(8)2/h5-6H,1-4H3;4-6H,1-3H3. The maximum absolute atomic E-state index is 11.1. The zero-order chi connectivity index (χ0) is 23.2. The van der Waals surface area contributed by atoms with E-state index in [0.717, 1.165) is 38.8 Å². The zero-order valence-electron chi connectivity index (χ0n) is 18.8. The molecule has 0 aliphatic rings. The summed E-state index contributed by atoms with van der Waals surface area (Å²) in [4.78, 5) is 22.0. The highest BCUT2D eigenvalue weighted by atomic mass is 16.4. The normalized spacial score (nSPS) is 10.9. The van der Waals surface area contributed by atoms with E-state index < -0.39 is 11.9 Å². The van der Waals surface area contributed by atoms with Crippen molar-refractivity contribution in [2.45, 2.75) is 20.8 Å². The van der Waals surface area contributed by atoms with Crippen LogP contribution in [0.15, 0.2) is 30.3 Å². The van der Waals surface area contributed by atoms with E-state index in [9.17, 15) is 19.8 Å². The number of aryl methyl sites for hydroxylation is 7. The van der Waals surface area contributed by atoms with Crippen LogP contribution in [-0.4, -0.2) is 21.1 Å². The van der Waals surface area contributed by atoms with Gasteiger partial charge in [-0.2, -0.15) is 0 Å². The highest BCUT2D eigenvalue weighted by Crippen LogP contribution is 2.19. The fraction of sp³-hybridized carbons (Fsp3) is 0.304. The molecule has 0 amide bonds. The molecule has 2 aromatic heterocycles. The Labute approximate surface area is 180 Å². The van der Waals surface area contributed by atoms with Gasteiger partial charge in [0.2, 0.25) is 0 Å². The minimum absolute atomic E-state index is 0.176. The van der Waals surface area contributed by atoms with E-state index in [1.165, 1.54) is 0 Å². The van der Waals surface area contributed by atoms with Crippen LogP contribution in [0.4, 0.5) is 0 Å². The van der Waals surface area contributed by atoms with Crippen molar-refractivity contribution in [3.63, 3.8) is 0 Å². The van der Waals surface area contributed by atoms with Crippen molar-refractivity contribution in [1.82, 2.24) is 9.13 Å². The van der Waals surface area contributed by atoms with Crippen LogP contribution in [0.2, 0.25) is 0 Å². The fourth-order valence-electron chi connectivity index (χ4n) is 4.11. The van der Waals surface area contributed by atoms with E-state index in [2.05, 4.69) is 0 Å². The predicted octanol–water partition coefficient (Wildman–Crippen LogP) is -0.342. The monoisotopic (exact) mass is 422 g/mol. The van der Waals surface area contributed by atoms with Crippen LogP contribution in [0.5, 0.6) is 0 Å². The van der Waals surface area contributed by atoms with Crippen molar-refractivity contribution in [3.05, 3.63) is 58.7 Å². The first-order valence-electron chi connectivity index (χ1n) is 9.79. The summed E-state index contributed by atoms with van der Waals surface area (Å²) in [6, 6.07) is 9.76. The van der Waals surface area contributed by atoms with Crippen molar-refractivity contribution in [3.8, 4) is 0 Å². The summed E-state index contributed by atoms with van der Waals surface area (Å²) < 4.78 is 6.59. The van der Waals surface area contributed by atoms with Crippen LogP contribution >= 0.6 is 0 Å². The highest BCUT2D eigenvalue weighted by Gasteiger charge is 2.23. The Morgan fingerprint density at radius 3 is 1.90 bits per heavy atom. The topological polar surface area (TPSA) is 97.9 Å². The Balaban J connectivity index is 0.000000176. The molecular weight excluding hydrogens is 396 g/mol. The lowest BCUT2D eigenvalue weighted by atomic mass is 10.1. The molecule has 0 saturated heterocycles. The third-order valence-electron chi connectivity index (χ3n) is 5.87. The molecule has 0 unspecified atom stereocenters. The molecule has 4 rings (SSSR count). The average Bonchev–Trinajstić information content (AvgIpc) is 3.09. The molecule has 0 radical (unpaired) electrons. The first-order valence-corrected chi connectivity index (χ1v) is 9.79. The Hall–Kier alpha value is -3.68. The predicted molar refractivity (Wildman–Crippen MR) is 111 cm³/mol. The molecule has 2 aromatic carbocycles. The number of nitrogens with zero attached hydrogens (tertiary/aromatic N) is 4. The molecule has 0 saturated carbocycles. The quantitative estimate of drug-likeness (QED) is 0.413. The first kappa shape index (κ1) is 22.0. The van der Waals surface area contributed by atoms with Gasteiger partial charge in [-0.3, -0.25) is 0 Å². The molecule has 31 heavy (non-hydrogen) atoms. The van der Waals surface area contributed by atoms with Gasteiger partial charge >= 0.3 is 11.6 Å². The van der Waals surface area contributed by atoms with Crippen molar-refractivity contribution >= 4 is 34.0 Å². The number of rotatable bonds is 2. The zero-order valence-corrected chi connectivity index (χ0v) is 18.8. The van der Waals surface area contributed by atoms with E-state index in [-0.39, 0.29) is 11.6 Å². The molecular formula is C23H26N4O4. The van der Waals surface area contributed by atoms with Crippen LogP contribution < -0.4 is 19.3 Å². The van der Waals surface area contributed by atoms with Crippen molar-refractivity contribution in [2.24, 2.45) is 28.2 Å². The lowest BCUT2D eigenvalue weighted by molar-refractivity contribution is -0.651. The van der Waals surface area contributed by atoms with Crippen LogP contribution in [0, 0.1) is 20.8 Å². The van der Waals surface area contributed by atoms with Gasteiger partial charge in [-0.05, 0) is 50.1 Å². The Kier molecular flexibility index (Phi) is 5.59. The van der Waals surface area contributed by atoms with Crippen LogP contribution in [0.25, 0.3) is 22.1 Å². The maximum atomic E-state index is 11.1. The Bertz CT molecular complexity index is 1360. The summed E-state index contributed by atoms with van der Waals surface area (Å²) in [5.41, 5.74) is 7.00. The first-order chi connectivity index (χ1) is 14.5. The Morgan fingerprint density at radius 2 is 1.32 bits per heavy atom. The van der Waals surface area contributed by atoms with Gasteiger partial charge in [0.1, 0.15) is 0 Å². The molecule has 8 heteroatoms. The molecule has 0 atom stereocenters. The minimum Gasteiger partial charge on any atom is -0.538 e. The second kappa shape index (κ2) is 7.86. The van der Waals surface area contributed by atoms with Crippen LogP contribution in [0.3, 0.4) is 0 Å². The molecule has 0 bridgehead atoms. The van der Waals surface area contributed by atoms with Crippen molar-refractivity contribution < 1.29 is 28.9 Å². The fourth-order valence-corrected chi connectivity index (χ4v) is 4.11. The van der Waals surface area contributed by atoms with Gasteiger partial charge in [0, 0.05) is 5.56 Å². The molecule has 0 aliphatic carbocycles. The van der Waals surface area contributed by atoms with Crippen molar-refractivity contribution in [2.75, 3.05) is 0 Å². The second-order valence-corrected chi connectivity index (χ2v) is 7.83. The van der Waals surface area contributed by atoms with Gasteiger partial charge in [0.25, 0.3) is 0 Å². The third-order valence-corrected chi connectivity index (χ3v) is 5.87. The SMILES string of the molecule is Cc1ccc2c(c1)[n+](C)c(C(=O)[O-])n2C.Cc1ccc2c(c1C)[n+](C)c(C(=O)[O-])n2C. The molecule has 0 aliphatic heterocycles. The number of aromatic nitrogens is 4. The molecule has 162 valence electrons. The largest absolute Gasteiger partial charge is 0.538 e. The number of carbonyl (C=O) groups is 2. The number of fused-ring (bicyclic) bond motifs is 2. The highest BCUT2D eigenvalue weighted by molar-refractivity contribution is 5.86. The number of carboxylic acid groups (broad SMARTS) is 2. The summed E-state index contributed by atoms with van der Waals surface area (Å²) in [7, 11) is 6.94. The van der Waals surface area contributed by atoms with E-state index in [1.807, 2.05) is 51.1 Å². The van der Waals surface area contributed by atoms with Gasteiger partial charge in [-0.25, -0.2) is 18.3 Å². The Morgan fingerprint density at radius 1 is 0.806 bits per heavy atom. The summed E-state index contributed by atoms with van der Waals surface area (Å²) >= 11 is 0. The third kappa shape index (κ3) is 3.54. The molecule has 0 fully saturated rings. The number of carbonyl (C=O) groups excluding carboxylic acids is 2. The molecule has 2 heterocycles. The molecule has 8 nitrogen and oxygen atoms in total. The smallest absolute Gasteiger partial charge is 0.305 e. The van der Waals surface area contributed by atoms with E-state index in [0.29, 0.717) is 0 Å². The minimum atomic E-state index is -1.16. The summed E-state index contributed by atoms with van der Waals surface area (Å²) in [6.07, 6.45) is 0. The summed E-state index contributed by atoms with van der Waals surface area (Å²) in [6.45, 7) is 5.99. The van der Waals surface area contributed by atoms with Crippen LogP contribution in [0.1, 0.15) is 37.9 Å². The molecule has 4 aromatic rings. The van der Waals surface area contributed by atoms with Gasteiger partial charge in [0.15, 0.2) is 34.0 Å². The second-order valence-electron chi connectivity index (χ2n) is 7.83. The molecule has 0 spiro atoms. The number of hydrogen-bond acceptors (Lipinski definition) is 4. The number of hydrogen-bond donors (Lipinski definition) is 0. The average molecular weight is 422 g/mol. The van der Waals surface area contributed by atoms with Crippen LogP contribution in [-0.2, 0) is 28.2 Å². The van der Waals surface area contributed by atoms with Gasteiger partial charge in [-0.15, -0.1) is 0 Å². The van der Waals surface area contributed by atoms with E-state index in [1.54, 1.807) is 46.5 Å². The lowest BCUT2D eigenvalue weighted by Gasteiger charge is -1.99. The van der Waals surface area contributed by atoms with E-state index in [4.69, 9.17) is 0 Å². The number of aromatic carboxylic acids is 2. The number of benzene rings is 2. The lowest BCUT2D eigenvalue weighted by Crippen LogP contribution is -2.41. The summed E-state index contributed by atoms with van der Waals surface area (Å²) in [5, 5.41) is 22.0. The van der Waals surface area contributed by atoms with E-state index >= 15 is 0 Å². The summed E-state index contributed by atoms with van der Waals surface area (Å²) in [5.74, 6) is -1.95. The number of carboxylic acids is 2. The van der Waals surface area contributed by atoms with Gasteiger partial charge in [-0.1, -0.05) is 12.1 Å². The number of imidazole rings is 2. The molecule has 0 N–H and O–H groups in total. The van der Waals surface area contributed by atoms with Gasteiger partial charge in [0.05, 0.1) is 28.2 Å². The van der Waals surface area contributed by atoms with Crippen molar-refractivity contribution in [1.29, 1.82) is 0 Å².